The second-order valence-corrected chi connectivity index (χ2v) is 8.31. The van der Waals surface area contributed by atoms with Gasteiger partial charge in [0, 0.05) is 15.7 Å². The third-order valence-corrected chi connectivity index (χ3v) is 5.78. The summed E-state index contributed by atoms with van der Waals surface area (Å²) in [4.78, 5) is 28.3. The molecule has 3 aromatic carbocycles. The second-order valence-electron chi connectivity index (χ2n) is 7.44. The monoisotopic (exact) mass is 466 g/mol. The van der Waals surface area contributed by atoms with Gasteiger partial charge in [0.1, 0.15) is 11.4 Å². The Balaban J connectivity index is 1.85. The van der Waals surface area contributed by atoms with Crippen molar-refractivity contribution in [1.82, 2.24) is 0 Å². The Kier molecular flexibility index (Phi) is 5.96. The van der Waals surface area contributed by atoms with Gasteiger partial charge in [-0.25, -0.2) is 4.90 Å². The number of hydrogen-bond acceptors (Lipinski definition) is 4. The van der Waals surface area contributed by atoms with Gasteiger partial charge in [0.05, 0.1) is 18.4 Å². The molecule has 0 atom stereocenters. The zero-order valence-corrected chi connectivity index (χ0v) is 19.2. The summed E-state index contributed by atoms with van der Waals surface area (Å²) < 4.78 is 5.23. The molecule has 3 aromatic rings. The van der Waals surface area contributed by atoms with Gasteiger partial charge in [0.25, 0.3) is 11.8 Å². The van der Waals surface area contributed by atoms with Gasteiger partial charge in [-0.05, 0) is 79.1 Å². The minimum atomic E-state index is -0.444. The number of methoxy groups -OCH3 is 1. The van der Waals surface area contributed by atoms with E-state index in [-0.39, 0.29) is 11.3 Å². The van der Waals surface area contributed by atoms with Crippen molar-refractivity contribution in [3.63, 3.8) is 0 Å². The van der Waals surface area contributed by atoms with Crippen LogP contribution in [0.5, 0.6) is 5.75 Å². The molecule has 0 saturated carbocycles. The number of carbonyl (C=O) groups is 2. The molecule has 162 valence electrons. The normalized spacial score (nSPS) is 13.7. The SMILES string of the molecule is COc1ccc(C2=C(Nc3ccc(Cl)cc3C)C(=O)N(c3ccc(Cl)cc3C)C2=O)cc1. The van der Waals surface area contributed by atoms with Crippen LogP contribution in [0.1, 0.15) is 16.7 Å². The molecule has 4 rings (SSSR count). The minimum absolute atomic E-state index is 0.194. The first-order valence-corrected chi connectivity index (χ1v) is 10.6. The van der Waals surface area contributed by atoms with Gasteiger partial charge in [-0.3, -0.25) is 9.59 Å². The van der Waals surface area contributed by atoms with E-state index in [1.807, 2.05) is 13.8 Å². The number of imide groups is 1. The van der Waals surface area contributed by atoms with Crippen molar-refractivity contribution in [2.75, 3.05) is 17.3 Å². The molecule has 0 aromatic heterocycles. The molecule has 0 radical (unpaired) electrons. The van der Waals surface area contributed by atoms with Crippen molar-refractivity contribution in [2.24, 2.45) is 0 Å². The molecule has 0 unspecified atom stereocenters. The minimum Gasteiger partial charge on any atom is -0.497 e. The van der Waals surface area contributed by atoms with Gasteiger partial charge in [-0.2, -0.15) is 0 Å². The largest absolute Gasteiger partial charge is 0.497 e. The Morgan fingerprint density at radius 1 is 0.812 bits per heavy atom. The standard InChI is InChI=1S/C25H20Cl2N2O3/c1-14-12-17(26)6-10-20(14)28-23-22(16-4-8-19(32-3)9-5-16)24(30)29(25(23)31)21-11-7-18(27)13-15(21)2/h4-13,28H,1-3H3. The maximum atomic E-state index is 13.6. The van der Waals surface area contributed by atoms with Crippen LogP contribution in [0.25, 0.3) is 5.57 Å². The Morgan fingerprint density at radius 3 is 2.03 bits per heavy atom. The fourth-order valence-electron chi connectivity index (χ4n) is 3.66. The molecule has 1 N–H and O–H groups in total. The first-order valence-electron chi connectivity index (χ1n) is 9.87. The van der Waals surface area contributed by atoms with Crippen LogP contribution in [0.4, 0.5) is 11.4 Å². The van der Waals surface area contributed by atoms with Crippen LogP contribution in [0.3, 0.4) is 0 Å². The van der Waals surface area contributed by atoms with E-state index in [0.717, 1.165) is 11.1 Å². The van der Waals surface area contributed by atoms with Gasteiger partial charge >= 0.3 is 0 Å². The van der Waals surface area contributed by atoms with E-state index in [0.29, 0.717) is 32.7 Å². The predicted molar refractivity (Wildman–Crippen MR) is 128 cm³/mol. The zero-order valence-electron chi connectivity index (χ0n) is 17.7. The molecule has 1 aliphatic rings. The lowest BCUT2D eigenvalue weighted by atomic mass is 10.0. The number of nitrogens with zero attached hydrogens (tertiary/aromatic N) is 1. The lowest BCUT2D eigenvalue weighted by Crippen LogP contribution is -2.33. The number of halogens is 2. The fraction of sp³-hybridized carbons (Fsp3) is 0.120. The molecule has 0 spiro atoms. The molecule has 0 aliphatic carbocycles. The predicted octanol–water partition coefficient (Wildman–Crippen LogP) is 6.02. The Hall–Kier alpha value is -3.28. The fourth-order valence-corrected chi connectivity index (χ4v) is 4.12. The zero-order chi connectivity index (χ0) is 23.0. The molecule has 0 saturated heterocycles. The third kappa shape index (κ3) is 3.97. The van der Waals surface area contributed by atoms with E-state index in [1.165, 1.54) is 4.90 Å². The lowest BCUT2D eigenvalue weighted by Gasteiger charge is -2.18. The summed E-state index contributed by atoms with van der Waals surface area (Å²) in [7, 11) is 1.57. The third-order valence-electron chi connectivity index (χ3n) is 5.31. The summed E-state index contributed by atoms with van der Waals surface area (Å²) >= 11 is 12.2. The number of rotatable bonds is 5. The average Bonchev–Trinajstić information content (AvgIpc) is 3.00. The Morgan fingerprint density at radius 2 is 1.44 bits per heavy atom. The molecule has 5 nitrogen and oxygen atoms in total. The van der Waals surface area contributed by atoms with Gasteiger partial charge < -0.3 is 10.1 Å². The van der Waals surface area contributed by atoms with E-state index in [4.69, 9.17) is 27.9 Å². The maximum Gasteiger partial charge on any atom is 0.282 e. The van der Waals surface area contributed by atoms with Gasteiger partial charge in [-0.15, -0.1) is 0 Å². The van der Waals surface area contributed by atoms with Crippen molar-refractivity contribution in [3.05, 3.63) is 93.1 Å². The molecule has 0 fully saturated rings. The van der Waals surface area contributed by atoms with Crippen molar-refractivity contribution in [1.29, 1.82) is 0 Å². The Labute approximate surface area is 196 Å². The highest BCUT2D eigenvalue weighted by molar-refractivity contribution is 6.46. The van der Waals surface area contributed by atoms with Crippen molar-refractivity contribution in [3.8, 4) is 5.75 Å². The number of ether oxygens (including phenoxy) is 1. The van der Waals surface area contributed by atoms with Gasteiger partial charge in [0.2, 0.25) is 0 Å². The van der Waals surface area contributed by atoms with Crippen LogP contribution in [0.15, 0.2) is 66.4 Å². The molecule has 1 heterocycles. The first-order chi connectivity index (χ1) is 15.3. The summed E-state index contributed by atoms with van der Waals surface area (Å²) in [5, 5.41) is 4.29. The van der Waals surface area contributed by atoms with E-state index in [2.05, 4.69) is 5.32 Å². The molecular weight excluding hydrogens is 447 g/mol. The smallest absolute Gasteiger partial charge is 0.282 e. The number of carbonyl (C=O) groups excluding carboxylic acids is 2. The molecule has 0 bridgehead atoms. The van der Waals surface area contributed by atoms with E-state index >= 15 is 0 Å². The quantitative estimate of drug-likeness (QED) is 0.467. The van der Waals surface area contributed by atoms with Crippen LogP contribution in [0, 0.1) is 13.8 Å². The van der Waals surface area contributed by atoms with Gasteiger partial charge in [0.15, 0.2) is 0 Å². The first kappa shape index (κ1) is 21.9. The number of hydrogen-bond donors (Lipinski definition) is 1. The lowest BCUT2D eigenvalue weighted by molar-refractivity contribution is -0.120. The number of aryl methyl sites for hydroxylation is 2. The van der Waals surface area contributed by atoms with Crippen molar-refractivity contribution in [2.45, 2.75) is 13.8 Å². The molecule has 7 heteroatoms. The van der Waals surface area contributed by atoms with Crippen molar-refractivity contribution >= 4 is 52.0 Å². The van der Waals surface area contributed by atoms with Crippen LogP contribution in [0.2, 0.25) is 10.0 Å². The topological polar surface area (TPSA) is 58.6 Å². The van der Waals surface area contributed by atoms with Crippen molar-refractivity contribution < 1.29 is 14.3 Å². The summed E-state index contributed by atoms with van der Waals surface area (Å²) in [6.45, 7) is 3.69. The second kappa shape index (κ2) is 8.69. The number of nitrogens with one attached hydrogen (secondary N) is 1. The summed E-state index contributed by atoms with van der Waals surface area (Å²) in [6.07, 6.45) is 0. The van der Waals surface area contributed by atoms with E-state index < -0.39 is 11.8 Å². The molecule has 2 amide bonds. The number of amides is 2. The highest BCUT2D eigenvalue weighted by Crippen LogP contribution is 2.36. The summed E-state index contributed by atoms with van der Waals surface area (Å²) in [6, 6.07) is 17.4. The molecular formula is C25H20Cl2N2O3. The molecule has 1 aliphatic heterocycles. The number of benzene rings is 3. The van der Waals surface area contributed by atoms with Crippen LogP contribution in [-0.2, 0) is 9.59 Å². The van der Waals surface area contributed by atoms with E-state index in [9.17, 15) is 9.59 Å². The van der Waals surface area contributed by atoms with Crippen LogP contribution in [-0.4, -0.2) is 18.9 Å². The van der Waals surface area contributed by atoms with E-state index in [1.54, 1.807) is 67.8 Å². The molecule has 32 heavy (non-hydrogen) atoms. The summed E-state index contributed by atoms with van der Waals surface area (Å²) in [5.41, 5.74) is 3.82. The average molecular weight is 467 g/mol. The number of anilines is 2. The summed E-state index contributed by atoms with van der Waals surface area (Å²) in [5.74, 6) is -0.208. The Bertz CT molecular complexity index is 1270. The van der Waals surface area contributed by atoms with Crippen LogP contribution >= 0.6 is 23.2 Å². The highest BCUT2D eigenvalue weighted by atomic mass is 35.5. The van der Waals surface area contributed by atoms with Gasteiger partial charge in [-0.1, -0.05) is 35.3 Å². The van der Waals surface area contributed by atoms with Crippen LogP contribution < -0.4 is 15.0 Å². The highest BCUT2D eigenvalue weighted by Gasteiger charge is 2.41. The maximum absolute atomic E-state index is 13.6.